The molecule has 0 fully saturated rings. The van der Waals surface area contributed by atoms with Gasteiger partial charge in [0.05, 0.1) is 24.7 Å². The maximum atomic E-state index is 12.5. The first kappa shape index (κ1) is 22.0. The normalized spacial score (nSPS) is 12.1. The van der Waals surface area contributed by atoms with Gasteiger partial charge in [-0.15, -0.1) is 0 Å². The zero-order valence-electron chi connectivity index (χ0n) is 17.7. The number of rotatable bonds is 7. The summed E-state index contributed by atoms with van der Waals surface area (Å²) in [5.74, 6) is 0.159. The number of sulfonamides is 1. The third-order valence-corrected chi connectivity index (χ3v) is 6.74. The molecule has 0 aliphatic heterocycles. The number of carbonyl (C=O) groups is 1. The third-order valence-electron chi connectivity index (χ3n) is 5.05. The molecule has 1 heterocycles. The summed E-state index contributed by atoms with van der Waals surface area (Å²) in [5.41, 5.74) is 4.47. The fourth-order valence-corrected chi connectivity index (χ4v) is 4.31. The molecule has 3 rings (SSSR count). The Bertz CT molecular complexity index is 1160. The van der Waals surface area contributed by atoms with Gasteiger partial charge >= 0.3 is 0 Å². The fraction of sp³-hybridized carbons (Fsp3) is 0.318. The molecule has 7 nitrogen and oxygen atoms in total. The summed E-state index contributed by atoms with van der Waals surface area (Å²) >= 11 is 0. The molecule has 0 saturated heterocycles. The van der Waals surface area contributed by atoms with Crippen molar-refractivity contribution in [3.8, 4) is 0 Å². The van der Waals surface area contributed by atoms with Crippen molar-refractivity contribution in [3.63, 3.8) is 0 Å². The number of aryl methyl sites for hydroxylation is 1. The van der Waals surface area contributed by atoms with Gasteiger partial charge in [0.25, 0.3) is 10.0 Å². The molecule has 0 saturated carbocycles. The molecule has 8 heteroatoms. The van der Waals surface area contributed by atoms with E-state index >= 15 is 0 Å². The van der Waals surface area contributed by atoms with E-state index in [0.717, 1.165) is 26.6 Å². The van der Waals surface area contributed by atoms with Crippen LogP contribution in [0.25, 0.3) is 11.0 Å². The van der Waals surface area contributed by atoms with Gasteiger partial charge in [0.15, 0.2) is 0 Å². The molecule has 0 aliphatic carbocycles. The summed E-state index contributed by atoms with van der Waals surface area (Å²) in [7, 11) is -1.14. The van der Waals surface area contributed by atoms with Crippen LogP contribution in [0.15, 0.2) is 52.0 Å². The lowest BCUT2D eigenvalue weighted by atomic mass is 9.95. The minimum absolute atomic E-state index is 0.0715. The summed E-state index contributed by atoms with van der Waals surface area (Å²) < 4.78 is 30.9. The van der Waals surface area contributed by atoms with Crippen molar-refractivity contribution in [2.75, 3.05) is 19.5 Å². The molecular weight excluding hydrogens is 404 g/mol. The van der Waals surface area contributed by atoms with E-state index in [4.69, 9.17) is 9.25 Å². The number of anilines is 1. The van der Waals surface area contributed by atoms with Crippen LogP contribution in [0.2, 0.25) is 0 Å². The monoisotopic (exact) mass is 430 g/mol. The summed E-state index contributed by atoms with van der Waals surface area (Å²) in [4.78, 5) is 17.4. The SMILES string of the molecule is CON(C)S(=O)(=O)c1ccc(NC(=O)Cc2coc3cc(C)c(C(C)C)cc23)cc1. The van der Waals surface area contributed by atoms with Gasteiger partial charge in [0, 0.05) is 23.7 Å². The molecule has 160 valence electrons. The van der Waals surface area contributed by atoms with E-state index in [2.05, 4.69) is 32.2 Å². The van der Waals surface area contributed by atoms with Crippen LogP contribution in [0.4, 0.5) is 5.69 Å². The van der Waals surface area contributed by atoms with E-state index in [1.54, 1.807) is 18.4 Å². The van der Waals surface area contributed by atoms with Gasteiger partial charge in [-0.25, -0.2) is 8.42 Å². The predicted octanol–water partition coefficient (Wildman–Crippen LogP) is 4.23. The van der Waals surface area contributed by atoms with Gasteiger partial charge in [0.2, 0.25) is 5.91 Å². The Morgan fingerprint density at radius 2 is 1.87 bits per heavy atom. The molecule has 0 aliphatic rings. The van der Waals surface area contributed by atoms with Crippen molar-refractivity contribution in [1.29, 1.82) is 0 Å². The van der Waals surface area contributed by atoms with Crippen LogP contribution in [0.5, 0.6) is 0 Å². The molecule has 0 spiro atoms. The van der Waals surface area contributed by atoms with E-state index in [0.29, 0.717) is 11.6 Å². The second kappa shape index (κ2) is 8.59. The Morgan fingerprint density at radius 1 is 1.20 bits per heavy atom. The topological polar surface area (TPSA) is 88.9 Å². The number of nitrogens with one attached hydrogen (secondary N) is 1. The predicted molar refractivity (Wildman–Crippen MR) is 116 cm³/mol. The summed E-state index contributed by atoms with van der Waals surface area (Å²) in [6, 6.07) is 10.0. The van der Waals surface area contributed by atoms with Crippen molar-refractivity contribution < 1.29 is 22.5 Å². The number of carbonyl (C=O) groups excluding carboxylic acids is 1. The molecule has 0 bridgehead atoms. The molecule has 3 aromatic rings. The summed E-state index contributed by atoms with van der Waals surface area (Å²) in [5, 5.41) is 3.73. The van der Waals surface area contributed by atoms with Crippen LogP contribution in [0.3, 0.4) is 0 Å². The Hall–Kier alpha value is -2.68. The minimum atomic E-state index is -3.73. The lowest BCUT2D eigenvalue weighted by molar-refractivity contribution is -0.115. The lowest BCUT2D eigenvalue weighted by Gasteiger charge is -2.14. The molecule has 2 aromatic carbocycles. The van der Waals surface area contributed by atoms with Gasteiger partial charge in [-0.3, -0.25) is 9.63 Å². The van der Waals surface area contributed by atoms with E-state index in [9.17, 15) is 13.2 Å². The number of amides is 1. The number of furan rings is 1. The zero-order chi connectivity index (χ0) is 22.1. The lowest BCUT2D eigenvalue weighted by Crippen LogP contribution is -2.25. The Kier molecular flexibility index (Phi) is 6.30. The third kappa shape index (κ3) is 4.40. The first-order chi connectivity index (χ1) is 14.1. The Morgan fingerprint density at radius 3 is 2.47 bits per heavy atom. The first-order valence-electron chi connectivity index (χ1n) is 9.57. The van der Waals surface area contributed by atoms with Crippen LogP contribution in [0, 0.1) is 6.92 Å². The molecule has 0 atom stereocenters. The fourth-order valence-electron chi connectivity index (χ4n) is 3.34. The molecule has 30 heavy (non-hydrogen) atoms. The van der Waals surface area contributed by atoms with E-state index in [-0.39, 0.29) is 17.2 Å². The molecule has 1 aromatic heterocycles. The highest BCUT2D eigenvalue weighted by Crippen LogP contribution is 2.29. The first-order valence-corrected chi connectivity index (χ1v) is 11.0. The summed E-state index contributed by atoms with van der Waals surface area (Å²) in [6.45, 7) is 6.32. The zero-order valence-corrected chi connectivity index (χ0v) is 18.5. The average molecular weight is 431 g/mol. The standard InChI is InChI=1S/C22H26N2O5S/c1-14(2)19-12-20-16(13-29-21(20)10-15(19)3)11-22(25)23-17-6-8-18(9-7-17)30(26,27)24(4)28-5/h6-10,12-14H,11H2,1-5H3,(H,23,25). The second-order valence-corrected chi connectivity index (χ2v) is 9.40. The molecule has 1 amide bonds. The summed E-state index contributed by atoms with van der Waals surface area (Å²) in [6.07, 6.45) is 1.77. The van der Waals surface area contributed by atoms with Gasteiger partial charge in [-0.2, -0.15) is 0 Å². The van der Waals surface area contributed by atoms with E-state index in [1.165, 1.54) is 31.9 Å². The largest absolute Gasteiger partial charge is 0.464 e. The maximum Gasteiger partial charge on any atom is 0.264 e. The number of benzene rings is 2. The van der Waals surface area contributed by atoms with Crippen LogP contribution in [-0.4, -0.2) is 33.0 Å². The maximum absolute atomic E-state index is 12.5. The number of hydrogen-bond acceptors (Lipinski definition) is 5. The number of fused-ring (bicyclic) bond motifs is 1. The Labute approximate surface area is 176 Å². The highest BCUT2D eigenvalue weighted by Gasteiger charge is 2.20. The van der Waals surface area contributed by atoms with Crippen LogP contribution >= 0.6 is 0 Å². The van der Waals surface area contributed by atoms with Crippen molar-refractivity contribution in [2.24, 2.45) is 0 Å². The van der Waals surface area contributed by atoms with Gasteiger partial charge in [0.1, 0.15) is 5.58 Å². The van der Waals surface area contributed by atoms with Crippen molar-refractivity contribution in [3.05, 3.63) is 59.4 Å². The van der Waals surface area contributed by atoms with Crippen molar-refractivity contribution in [2.45, 2.75) is 38.0 Å². The average Bonchev–Trinajstić information content (AvgIpc) is 3.08. The van der Waals surface area contributed by atoms with E-state index in [1.807, 2.05) is 6.07 Å². The van der Waals surface area contributed by atoms with Gasteiger partial charge in [-0.05, 0) is 60.4 Å². The molecule has 1 N–H and O–H groups in total. The van der Waals surface area contributed by atoms with Gasteiger partial charge < -0.3 is 9.73 Å². The van der Waals surface area contributed by atoms with Gasteiger partial charge in [-0.1, -0.05) is 18.3 Å². The van der Waals surface area contributed by atoms with Crippen LogP contribution < -0.4 is 5.32 Å². The highest BCUT2D eigenvalue weighted by molar-refractivity contribution is 7.89. The van der Waals surface area contributed by atoms with Crippen LogP contribution in [0.1, 0.15) is 36.5 Å². The number of hydroxylamine groups is 1. The van der Waals surface area contributed by atoms with Crippen molar-refractivity contribution in [1.82, 2.24) is 4.47 Å². The molecule has 0 radical (unpaired) electrons. The van der Waals surface area contributed by atoms with Crippen LogP contribution in [-0.2, 0) is 26.1 Å². The number of hydrogen-bond donors (Lipinski definition) is 1. The Balaban J connectivity index is 1.75. The minimum Gasteiger partial charge on any atom is -0.464 e. The van der Waals surface area contributed by atoms with E-state index < -0.39 is 10.0 Å². The number of nitrogens with zero attached hydrogens (tertiary/aromatic N) is 1. The smallest absolute Gasteiger partial charge is 0.264 e. The second-order valence-electron chi connectivity index (χ2n) is 7.47. The van der Waals surface area contributed by atoms with Crippen molar-refractivity contribution >= 4 is 32.6 Å². The highest BCUT2D eigenvalue weighted by atomic mass is 32.2. The molecule has 0 unspecified atom stereocenters. The molecular formula is C22H26N2O5S. The quantitative estimate of drug-likeness (QED) is 0.567.